The van der Waals surface area contributed by atoms with Crippen LogP contribution in [0.4, 0.5) is 13.2 Å². The minimum absolute atomic E-state index is 0.108. The number of carbonyl (C=O) groups is 1. The van der Waals surface area contributed by atoms with Gasteiger partial charge in [-0.1, -0.05) is 29.8 Å². The second kappa shape index (κ2) is 5.60. The smallest absolute Gasteiger partial charge is 0.405 e. The standard InChI is InChI=1S/C16H13F3O2/c1-10-7-8-11(2)13(9-10)15(20)12-5-3-4-6-14(12)21-16(17,18)19/h3-9H,1-2H3. The molecule has 0 fully saturated rings. The Morgan fingerprint density at radius 1 is 1.00 bits per heavy atom. The Morgan fingerprint density at radius 3 is 2.33 bits per heavy atom. The number of alkyl halides is 3. The molecular weight excluding hydrogens is 281 g/mol. The number of hydrogen-bond acceptors (Lipinski definition) is 2. The van der Waals surface area contributed by atoms with Gasteiger partial charge in [-0.3, -0.25) is 4.79 Å². The highest BCUT2D eigenvalue weighted by Crippen LogP contribution is 2.28. The fraction of sp³-hybridized carbons (Fsp3) is 0.188. The molecular formula is C16H13F3O2. The molecule has 2 aromatic rings. The fourth-order valence-corrected chi connectivity index (χ4v) is 1.99. The summed E-state index contributed by atoms with van der Waals surface area (Å²) in [5.41, 5.74) is 1.82. The number of ketones is 1. The molecule has 0 aliphatic carbocycles. The van der Waals surface area contributed by atoms with Crippen molar-refractivity contribution in [1.82, 2.24) is 0 Å². The van der Waals surface area contributed by atoms with Crippen LogP contribution in [0, 0.1) is 13.8 Å². The van der Waals surface area contributed by atoms with E-state index in [4.69, 9.17) is 0 Å². The normalized spacial score (nSPS) is 11.3. The van der Waals surface area contributed by atoms with Gasteiger partial charge in [0.15, 0.2) is 5.78 Å². The quantitative estimate of drug-likeness (QED) is 0.783. The van der Waals surface area contributed by atoms with Gasteiger partial charge in [0.1, 0.15) is 5.75 Å². The zero-order chi connectivity index (χ0) is 15.6. The molecule has 0 saturated carbocycles. The van der Waals surface area contributed by atoms with E-state index < -0.39 is 17.9 Å². The molecule has 5 heteroatoms. The molecule has 21 heavy (non-hydrogen) atoms. The number of ether oxygens (including phenoxy) is 1. The molecule has 0 radical (unpaired) electrons. The van der Waals surface area contributed by atoms with Crippen molar-refractivity contribution in [2.24, 2.45) is 0 Å². The molecule has 0 unspecified atom stereocenters. The maximum Gasteiger partial charge on any atom is 0.573 e. The first-order chi connectivity index (χ1) is 9.78. The first-order valence-corrected chi connectivity index (χ1v) is 6.24. The van der Waals surface area contributed by atoms with Gasteiger partial charge in [0.25, 0.3) is 0 Å². The molecule has 0 saturated heterocycles. The zero-order valence-electron chi connectivity index (χ0n) is 11.5. The highest BCUT2D eigenvalue weighted by molar-refractivity contribution is 6.11. The van der Waals surface area contributed by atoms with Crippen molar-refractivity contribution in [3.05, 3.63) is 64.7 Å². The highest BCUT2D eigenvalue weighted by Gasteiger charge is 2.33. The first kappa shape index (κ1) is 15.1. The van der Waals surface area contributed by atoms with Crippen molar-refractivity contribution in [2.45, 2.75) is 20.2 Å². The van der Waals surface area contributed by atoms with Gasteiger partial charge in [-0.2, -0.15) is 0 Å². The summed E-state index contributed by atoms with van der Waals surface area (Å²) in [6.45, 7) is 3.55. The Labute approximate surface area is 120 Å². The van der Waals surface area contributed by atoms with Crippen molar-refractivity contribution in [3.8, 4) is 5.75 Å². The summed E-state index contributed by atoms with van der Waals surface area (Å²) < 4.78 is 41.1. The van der Waals surface area contributed by atoms with E-state index in [1.54, 1.807) is 19.1 Å². The van der Waals surface area contributed by atoms with Gasteiger partial charge in [-0.15, -0.1) is 13.2 Å². The number of para-hydroxylation sites is 1. The number of rotatable bonds is 3. The van der Waals surface area contributed by atoms with Crippen LogP contribution in [0.3, 0.4) is 0 Å². The van der Waals surface area contributed by atoms with Crippen molar-refractivity contribution >= 4 is 5.78 Å². The topological polar surface area (TPSA) is 26.3 Å². The second-order valence-electron chi connectivity index (χ2n) is 4.69. The molecule has 0 aliphatic rings. The average Bonchev–Trinajstić information content (AvgIpc) is 2.39. The summed E-state index contributed by atoms with van der Waals surface area (Å²) in [7, 11) is 0. The lowest BCUT2D eigenvalue weighted by Gasteiger charge is -2.13. The summed E-state index contributed by atoms with van der Waals surface area (Å²) in [5, 5.41) is 0. The Balaban J connectivity index is 2.46. The molecule has 110 valence electrons. The van der Waals surface area contributed by atoms with Crippen LogP contribution in [0.25, 0.3) is 0 Å². The fourth-order valence-electron chi connectivity index (χ4n) is 1.99. The lowest BCUT2D eigenvalue weighted by atomic mass is 9.97. The van der Waals surface area contributed by atoms with Gasteiger partial charge in [0.05, 0.1) is 5.56 Å². The summed E-state index contributed by atoms with van der Waals surface area (Å²) in [6, 6.07) is 10.6. The van der Waals surface area contributed by atoms with Gasteiger partial charge >= 0.3 is 6.36 Å². The summed E-state index contributed by atoms with van der Waals surface area (Å²) in [4.78, 5) is 12.5. The van der Waals surface area contributed by atoms with E-state index in [2.05, 4.69) is 4.74 Å². The van der Waals surface area contributed by atoms with Crippen LogP contribution in [0.2, 0.25) is 0 Å². The third-order valence-electron chi connectivity index (χ3n) is 3.00. The minimum Gasteiger partial charge on any atom is -0.405 e. The lowest BCUT2D eigenvalue weighted by Crippen LogP contribution is -2.19. The number of carbonyl (C=O) groups excluding carboxylic acids is 1. The Hall–Kier alpha value is -2.30. The Morgan fingerprint density at radius 2 is 1.67 bits per heavy atom. The van der Waals surface area contributed by atoms with Gasteiger partial charge in [-0.05, 0) is 37.6 Å². The monoisotopic (exact) mass is 294 g/mol. The number of hydrogen-bond donors (Lipinski definition) is 0. The summed E-state index contributed by atoms with van der Waals surface area (Å²) in [6.07, 6.45) is -4.84. The molecule has 0 atom stereocenters. The Kier molecular flexibility index (Phi) is 4.02. The zero-order valence-corrected chi connectivity index (χ0v) is 11.5. The van der Waals surface area contributed by atoms with E-state index >= 15 is 0 Å². The van der Waals surface area contributed by atoms with Crippen LogP contribution >= 0.6 is 0 Å². The van der Waals surface area contributed by atoms with Crippen LogP contribution in [0.15, 0.2) is 42.5 Å². The molecule has 0 amide bonds. The molecule has 0 bridgehead atoms. The number of halogens is 3. The van der Waals surface area contributed by atoms with E-state index in [0.717, 1.165) is 11.6 Å². The number of aryl methyl sites for hydroxylation is 2. The Bertz CT molecular complexity index is 675. The second-order valence-corrected chi connectivity index (χ2v) is 4.69. The van der Waals surface area contributed by atoms with Crippen molar-refractivity contribution in [3.63, 3.8) is 0 Å². The van der Waals surface area contributed by atoms with Gasteiger partial charge < -0.3 is 4.74 Å². The third kappa shape index (κ3) is 3.62. The van der Waals surface area contributed by atoms with Gasteiger partial charge in [-0.25, -0.2) is 0 Å². The first-order valence-electron chi connectivity index (χ1n) is 6.24. The molecule has 2 nitrogen and oxygen atoms in total. The van der Waals surface area contributed by atoms with Gasteiger partial charge in [0, 0.05) is 5.56 Å². The van der Waals surface area contributed by atoms with Crippen molar-refractivity contribution in [2.75, 3.05) is 0 Å². The molecule has 2 rings (SSSR count). The van der Waals surface area contributed by atoms with E-state index in [1.165, 1.54) is 18.2 Å². The maximum absolute atomic E-state index is 12.5. The predicted molar refractivity (Wildman–Crippen MR) is 72.5 cm³/mol. The molecule has 0 aromatic heterocycles. The van der Waals surface area contributed by atoms with Crippen LogP contribution in [0.1, 0.15) is 27.0 Å². The van der Waals surface area contributed by atoms with Crippen molar-refractivity contribution < 1.29 is 22.7 Å². The lowest BCUT2D eigenvalue weighted by molar-refractivity contribution is -0.274. The molecule has 2 aromatic carbocycles. The third-order valence-corrected chi connectivity index (χ3v) is 3.00. The predicted octanol–water partition coefficient (Wildman–Crippen LogP) is 4.43. The van der Waals surface area contributed by atoms with Crippen LogP contribution in [-0.4, -0.2) is 12.1 Å². The van der Waals surface area contributed by atoms with Crippen molar-refractivity contribution in [1.29, 1.82) is 0 Å². The highest BCUT2D eigenvalue weighted by atomic mass is 19.4. The molecule has 0 N–H and O–H groups in total. The van der Waals surface area contributed by atoms with E-state index in [-0.39, 0.29) is 5.56 Å². The minimum atomic E-state index is -4.84. The summed E-state index contributed by atoms with van der Waals surface area (Å²) in [5.74, 6) is -0.980. The van der Waals surface area contributed by atoms with E-state index in [0.29, 0.717) is 11.1 Å². The van der Waals surface area contributed by atoms with Gasteiger partial charge in [0.2, 0.25) is 0 Å². The van der Waals surface area contributed by atoms with E-state index in [1.807, 2.05) is 13.0 Å². The number of benzene rings is 2. The molecule has 0 heterocycles. The van der Waals surface area contributed by atoms with Crippen LogP contribution in [0.5, 0.6) is 5.75 Å². The SMILES string of the molecule is Cc1ccc(C)c(C(=O)c2ccccc2OC(F)(F)F)c1. The van der Waals surface area contributed by atoms with Crippen LogP contribution < -0.4 is 4.74 Å². The maximum atomic E-state index is 12.5. The van der Waals surface area contributed by atoms with E-state index in [9.17, 15) is 18.0 Å². The molecule has 0 aliphatic heterocycles. The average molecular weight is 294 g/mol. The largest absolute Gasteiger partial charge is 0.573 e. The van der Waals surface area contributed by atoms with Crippen LogP contribution in [-0.2, 0) is 0 Å². The summed E-state index contributed by atoms with van der Waals surface area (Å²) >= 11 is 0. The molecule has 0 spiro atoms.